The van der Waals surface area contributed by atoms with Crippen molar-refractivity contribution in [1.82, 2.24) is 14.7 Å². The van der Waals surface area contributed by atoms with Crippen LogP contribution in [0.4, 0.5) is 0 Å². The Balaban J connectivity index is 2.32. The molecule has 0 aliphatic heterocycles. The van der Waals surface area contributed by atoms with Crippen LogP contribution in [0.15, 0.2) is 10.7 Å². The molecular formula is C15H26BrN3O. The number of hydrogen-bond acceptors (Lipinski definition) is 3. The highest BCUT2D eigenvalue weighted by Crippen LogP contribution is 2.46. The van der Waals surface area contributed by atoms with E-state index in [2.05, 4.69) is 53.9 Å². The van der Waals surface area contributed by atoms with Crippen molar-refractivity contribution in [3.8, 4) is 0 Å². The number of halogens is 1. The molecule has 1 aliphatic carbocycles. The maximum Gasteiger partial charge on any atom is 0.110 e. The van der Waals surface area contributed by atoms with Gasteiger partial charge in [-0.1, -0.05) is 20.3 Å². The number of nitrogens with zero attached hydrogens (tertiary/aromatic N) is 3. The molecule has 0 saturated heterocycles. The minimum atomic E-state index is -0.765. The van der Waals surface area contributed by atoms with Gasteiger partial charge in [-0.25, -0.2) is 0 Å². The first kappa shape index (κ1) is 16.0. The molecular weight excluding hydrogens is 318 g/mol. The summed E-state index contributed by atoms with van der Waals surface area (Å²) in [5.74, 6) is 0.792. The highest BCUT2D eigenvalue weighted by Gasteiger charge is 2.44. The number of aromatic nitrogens is 2. The molecule has 3 unspecified atom stereocenters. The van der Waals surface area contributed by atoms with Gasteiger partial charge in [-0.15, -0.1) is 0 Å². The number of rotatable bonds is 4. The van der Waals surface area contributed by atoms with Crippen LogP contribution < -0.4 is 0 Å². The van der Waals surface area contributed by atoms with Crippen LogP contribution in [0.5, 0.6) is 0 Å². The van der Waals surface area contributed by atoms with E-state index in [0.717, 1.165) is 36.1 Å². The molecule has 1 aromatic rings. The van der Waals surface area contributed by atoms with Crippen LogP contribution in [-0.4, -0.2) is 40.4 Å². The Morgan fingerprint density at radius 1 is 1.50 bits per heavy atom. The van der Waals surface area contributed by atoms with Crippen LogP contribution in [0.1, 0.15) is 38.8 Å². The second-order valence-corrected chi connectivity index (χ2v) is 7.30. The number of likely N-dealkylation sites (N-methyl/N-ethyl adjacent to an activating group) is 1. The molecule has 1 saturated carbocycles. The molecule has 114 valence electrons. The minimum Gasteiger partial charge on any atom is -0.383 e. The van der Waals surface area contributed by atoms with Crippen LogP contribution >= 0.6 is 15.9 Å². The Kier molecular flexibility index (Phi) is 4.92. The van der Waals surface area contributed by atoms with Crippen molar-refractivity contribution in [3.63, 3.8) is 0 Å². The molecule has 0 amide bonds. The lowest BCUT2D eigenvalue weighted by molar-refractivity contribution is -0.0759. The van der Waals surface area contributed by atoms with E-state index in [-0.39, 0.29) is 5.92 Å². The Bertz CT molecular complexity index is 460. The van der Waals surface area contributed by atoms with Crippen molar-refractivity contribution in [2.24, 2.45) is 11.8 Å². The topological polar surface area (TPSA) is 41.3 Å². The smallest absolute Gasteiger partial charge is 0.110 e. The lowest BCUT2D eigenvalue weighted by atomic mass is 9.69. The Hall–Kier alpha value is -0.390. The predicted molar refractivity (Wildman–Crippen MR) is 84.6 cm³/mol. The van der Waals surface area contributed by atoms with Crippen molar-refractivity contribution >= 4 is 15.9 Å². The summed E-state index contributed by atoms with van der Waals surface area (Å²) in [6.07, 6.45) is 4.92. The van der Waals surface area contributed by atoms with E-state index >= 15 is 0 Å². The molecule has 4 nitrogen and oxygen atoms in total. The van der Waals surface area contributed by atoms with Crippen LogP contribution in [-0.2, 0) is 12.1 Å². The molecule has 1 N–H and O–H groups in total. The van der Waals surface area contributed by atoms with Crippen LogP contribution in [0.25, 0.3) is 0 Å². The number of aliphatic hydroxyl groups is 1. The maximum absolute atomic E-state index is 11.3. The van der Waals surface area contributed by atoms with Gasteiger partial charge in [0, 0.05) is 6.54 Å². The summed E-state index contributed by atoms with van der Waals surface area (Å²) in [5, 5.41) is 15.7. The highest BCUT2D eigenvalue weighted by atomic mass is 79.9. The van der Waals surface area contributed by atoms with Gasteiger partial charge in [-0.3, -0.25) is 4.68 Å². The maximum atomic E-state index is 11.3. The fraction of sp³-hybridized carbons (Fsp3) is 0.800. The lowest BCUT2D eigenvalue weighted by Crippen LogP contribution is -2.42. The fourth-order valence-electron chi connectivity index (χ4n) is 3.23. The van der Waals surface area contributed by atoms with Crippen molar-refractivity contribution < 1.29 is 5.11 Å². The zero-order valence-electron chi connectivity index (χ0n) is 12.9. The van der Waals surface area contributed by atoms with Crippen LogP contribution in [0, 0.1) is 11.8 Å². The predicted octanol–water partition coefficient (Wildman–Crippen LogP) is 2.85. The van der Waals surface area contributed by atoms with Crippen molar-refractivity contribution in [2.75, 3.05) is 20.6 Å². The molecule has 3 atom stereocenters. The average Bonchev–Trinajstić information content (AvgIpc) is 2.75. The summed E-state index contributed by atoms with van der Waals surface area (Å²) >= 11 is 3.59. The van der Waals surface area contributed by atoms with Gasteiger partial charge in [0.05, 0.1) is 22.9 Å². The monoisotopic (exact) mass is 343 g/mol. The SMILES string of the molecule is CC1CCCC(O)(c2c(Br)cnn2CCN(C)C)C1C. The van der Waals surface area contributed by atoms with E-state index in [1.165, 1.54) is 6.42 Å². The van der Waals surface area contributed by atoms with Gasteiger partial charge in [-0.2, -0.15) is 5.10 Å². The van der Waals surface area contributed by atoms with E-state index in [9.17, 15) is 5.11 Å². The second kappa shape index (κ2) is 6.16. The van der Waals surface area contributed by atoms with E-state index in [4.69, 9.17) is 0 Å². The zero-order chi connectivity index (χ0) is 14.9. The molecule has 1 aliphatic rings. The molecule has 0 bridgehead atoms. The number of hydrogen-bond donors (Lipinski definition) is 1. The van der Waals surface area contributed by atoms with E-state index < -0.39 is 5.60 Å². The van der Waals surface area contributed by atoms with Gasteiger partial charge >= 0.3 is 0 Å². The molecule has 20 heavy (non-hydrogen) atoms. The summed E-state index contributed by atoms with van der Waals surface area (Å²) in [4.78, 5) is 2.14. The van der Waals surface area contributed by atoms with Crippen LogP contribution in [0.2, 0.25) is 0 Å². The largest absolute Gasteiger partial charge is 0.383 e. The molecule has 0 spiro atoms. The first-order chi connectivity index (χ1) is 9.36. The quantitative estimate of drug-likeness (QED) is 0.913. The summed E-state index contributed by atoms with van der Waals surface area (Å²) < 4.78 is 2.90. The third-order valence-electron chi connectivity index (χ3n) is 4.79. The molecule has 1 aromatic heterocycles. The second-order valence-electron chi connectivity index (χ2n) is 6.45. The molecule has 5 heteroatoms. The summed E-state index contributed by atoms with van der Waals surface area (Å²) in [5.41, 5.74) is 0.192. The normalized spacial score (nSPS) is 30.9. The zero-order valence-corrected chi connectivity index (χ0v) is 14.5. The molecule has 1 fully saturated rings. The first-order valence-corrected chi connectivity index (χ1v) is 8.24. The Labute approximate surface area is 130 Å². The summed E-state index contributed by atoms with van der Waals surface area (Å²) in [7, 11) is 4.11. The minimum absolute atomic E-state index is 0.252. The molecule has 0 radical (unpaired) electrons. The molecule has 1 heterocycles. The fourth-order valence-corrected chi connectivity index (χ4v) is 3.87. The standard InChI is InChI=1S/C15H26BrN3O/c1-11-6-5-7-15(20,12(11)2)14-13(16)10-17-19(14)9-8-18(3)4/h10-12,20H,5-9H2,1-4H3. The highest BCUT2D eigenvalue weighted by molar-refractivity contribution is 9.10. The van der Waals surface area contributed by atoms with Gasteiger partial charge in [-0.05, 0) is 54.7 Å². The van der Waals surface area contributed by atoms with Gasteiger partial charge in [0.2, 0.25) is 0 Å². The average molecular weight is 344 g/mol. The van der Waals surface area contributed by atoms with E-state index in [0.29, 0.717) is 5.92 Å². The molecule has 2 rings (SSSR count). The molecule has 0 aromatic carbocycles. The van der Waals surface area contributed by atoms with Gasteiger partial charge in [0.25, 0.3) is 0 Å². The van der Waals surface area contributed by atoms with Crippen molar-refractivity contribution in [2.45, 2.75) is 45.3 Å². The summed E-state index contributed by atoms with van der Waals surface area (Å²) in [6.45, 7) is 6.13. The van der Waals surface area contributed by atoms with E-state index in [1.54, 1.807) is 0 Å². The van der Waals surface area contributed by atoms with Gasteiger partial charge in [0.1, 0.15) is 5.60 Å². The third-order valence-corrected chi connectivity index (χ3v) is 5.37. The van der Waals surface area contributed by atoms with Gasteiger partial charge in [0.15, 0.2) is 0 Å². The van der Waals surface area contributed by atoms with E-state index in [1.807, 2.05) is 10.9 Å². The lowest BCUT2D eigenvalue weighted by Gasteiger charge is -2.42. The first-order valence-electron chi connectivity index (χ1n) is 7.45. The van der Waals surface area contributed by atoms with Crippen LogP contribution in [0.3, 0.4) is 0 Å². The van der Waals surface area contributed by atoms with Gasteiger partial charge < -0.3 is 10.0 Å². The Morgan fingerprint density at radius 2 is 2.20 bits per heavy atom. The third kappa shape index (κ3) is 2.95. The van der Waals surface area contributed by atoms with Crippen molar-refractivity contribution in [1.29, 1.82) is 0 Å². The summed E-state index contributed by atoms with van der Waals surface area (Å²) in [6, 6.07) is 0. The van der Waals surface area contributed by atoms with Crippen molar-refractivity contribution in [3.05, 3.63) is 16.4 Å². The Morgan fingerprint density at radius 3 is 2.85 bits per heavy atom.